The van der Waals surface area contributed by atoms with E-state index >= 15 is 0 Å². The molecule has 0 radical (unpaired) electrons. The standard InChI is InChI=1S/C19H32N4O2.HI/c1-3-4-14-25-15-8-12-21-19(20-2)22-13-11-18(24)23-16-17-9-6-5-7-10-17;/h5-7,9-10H,3-4,8,11-16H2,1-2H3,(H,23,24)(H2,20,21,22);1H. The minimum atomic E-state index is 0. The molecule has 0 heterocycles. The molecule has 0 saturated heterocycles. The first kappa shape index (κ1) is 24.7. The van der Waals surface area contributed by atoms with E-state index in [9.17, 15) is 4.79 Å². The van der Waals surface area contributed by atoms with Gasteiger partial charge in [-0.3, -0.25) is 9.79 Å². The zero-order chi connectivity index (χ0) is 18.2. The Morgan fingerprint density at radius 2 is 1.73 bits per heavy atom. The highest BCUT2D eigenvalue weighted by atomic mass is 127. The van der Waals surface area contributed by atoms with Crippen molar-refractivity contribution in [3.8, 4) is 0 Å². The van der Waals surface area contributed by atoms with Gasteiger partial charge in [0, 0.05) is 46.3 Å². The SMILES string of the molecule is CCCCOCCCNC(=NC)NCCC(=O)NCc1ccccc1.I. The number of guanidine groups is 1. The Morgan fingerprint density at radius 3 is 2.42 bits per heavy atom. The van der Waals surface area contributed by atoms with Crippen LogP contribution in [0.1, 0.15) is 38.2 Å². The van der Waals surface area contributed by atoms with Crippen LogP contribution in [0.25, 0.3) is 0 Å². The van der Waals surface area contributed by atoms with Crippen molar-refractivity contribution in [3.63, 3.8) is 0 Å². The molecule has 1 aromatic rings. The average Bonchev–Trinajstić information content (AvgIpc) is 2.65. The molecule has 148 valence electrons. The predicted molar refractivity (Wildman–Crippen MR) is 118 cm³/mol. The summed E-state index contributed by atoms with van der Waals surface area (Å²) in [6.07, 6.45) is 3.62. The molecule has 3 N–H and O–H groups in total. The van der Waals surface area contributed by atoms with Crippen LogP contribution >= 0.6 is 24.0 Å². The average molecular weight is 476 g/mol. The van der Waals surface area contributed by atoms with Gasteiger partial charge >= 0.3 is 0 Å². The maximum atomic E-state index is 11.8. The van der Waals surface area contributed by atoms with Gasteiger partial charge in [-0.1, -0.05) is 43.7 Å². The van der Waals surface area contributed by atoms with E-state index in [-0.39, 0.29) is 29.9 Å². The molecule has 0 aliphatic rings. The van der Waals surface area contributed by atoms with Gasteiger partial charge in [0.25, 0.3) is 0 Å². The van der Waals surface area contributed by atoms with Gasteiger partial charge in [-0.15, -0.1) is 24.0 Å². The minimum Gasteiger partial charge on any atom is -0.381 e. The van der Waals surface area contributed by atoms with Crippen molar-refractivity contribution in [2.45, 2.75) is 39.2 Å². The quantitative estimate of drug-likeness (QED) is 0.188. The summed E-state index contributed by atoms with van der Waals surface area (Å²) in [4.78, 5) is 16.0. The van der Waals surface area contributed by atoms with Crippen molar-refractivity contribution >= 4 is 35.8 Å². The fourth-order valence-corrected chi connectivity index (χ4v) is 2.13. The summed E-state index contributed by atoms with van der Waals surface area (Å²) < 4.78 is 5.51. The van der Waals surface area contributed by atoms with Gasteiger partial charge in [0.15, 0.2) is 5.96 Å². The maximum Gasteiger partial charge on any atom is 0.222 e. The van der Waals surface area contributed by atoms with Crippen LogP contribution in [0.15, 0.2) is 35.3 Å². The number of amides is 1. The number of benzene rings is 1. The normalized spacial score (nSPS) is 10.8. The second-order valence-electron chi connectivity index (χ2n) is 5.76. The minimum absolute atomic E-state index is 0. The van der Waals surface area contributed by atoms with E-state index in [0.29, 0.717) is 25.5 Å². The van der Waals surface area contributed by atoms with Crippen molar-refractivity contribution < 1.29 is 9.53 Å². The number of hydrogen-bond acceptors (Lipinski definition) is 3. The smallest absolute Gasteiger partial charge is 0.222 e. The first-order valence-corrected chi connectivity index (χ1v) is 9.09. The summed E-state index contributed by atoms with van der Waals surface area (Å²) >= 11 is 0. The number of unbranched alkanes of at least 4 members (excludes halogenated alkanes) is 1. The zero-order valence-electron chi connectivity index (χ0n) is 15.9. The van der Waals surface area contributed by atoms with E-state index < -0.39 is 0 Å². The van der Waals surface area contributed by atoms with Crippen LogP contribution in [0.3, 0.4) is 0 Å². The van der Waals surface area contributed by atoms with Gasteiger partial charge in [0.05, 0.1) is 0 Å². The van der Waals surface area contributed by atoms with Crippen LogP contribution in [-0.4, -0.2) is 45.2 Å². The summed E-state index contributed by atoms with van der Waals surface area (Å²) in [5, 5.41) is 9.28. The topological polar surface area (TPSA) is 74.8 Å². The van der Waals surface area contributed by atoms with Crippen molar-refractivity contribution in [2.75, 3.05) is 33.4 Å². The van der Waals surface area contributed by atoms with Crippen LogP contribution < -0.4 is 16.0 Å². The fraction of sp³-hybridized carbons (Fsp3) is 0.579. The number of aliphatic imine (C=N–C) groups is 1. The highest BCUT2D eigenvalue weighted by Crippen LogP contribution is 1.97. The van der Waals surface area contributed by atoms with Crippen molar-refractivity contribution in [1.82, 2.24) is 16.0 Å². The third-order valence-electron chi connectivity index (χ3n) is 3.60. The molecule has 0 atom stereocenters. The molecule has 0 aliphatic heterocycles. The zero-order valence-corrected chi connectivity index (χ0v) is 18.3. The van der Waals surface area contributed by atoms with Gasteiger partial charge in [-0.05, 0) is 18.4 Å². The highest BCUT2D eigenvalue weighted by molar-refractivity contribution is 14.0. The molecule has 26 heavy (non-hydrogen) atoms. The Balaban J connectivity index is 0.00000625. The number of nitrogens with one attached hydrogen (secondary N) is 3. The fourth-order valence-electron chi connectivity index (χ4n) is 2.13. The summed E-state index contributed by atoms with van der Waals surface area (Å²) in [7, 11) is 1.72. The second kappa shape index (κ2) is 17.1. The lowest BCUT2D eigenvalue weighted by Crippen LogP contribution is -2.39. The predicted octanol–water partition coefficient (Wildman–Crippen LogP) is 2.68. The van der Waals surface area contributed by atoms with Gasteiger partial charge < -0.3 is 20.7 Å². The molecule has 7 heteroatoms. The monoisotopic (exact) mass is 476 g/mol. The van der Waals surface area contributed by atoms with E-state index in [2.05, 4.69) is 27.9 Å². The van der Waals surface area contributed by atoms with Gasteiger partial charge in [-0.2, -0.15) is 0 Å². The number of halogens is 1. The molecule has 0 spiro atoms. The Hall–Kier alpha value is -1.35. The van der Waals surface area contributed by atoms with Crippen LogP contribution in [-0.2, 0) is 16.1 Å². The van der Waals surface area contributed by atoms with E-state index in [4.69, 9.17) is 4.74 Å². The van der Waals surface area contributed by atoms with E-state index in [0.717, 1.165) is 44.6 Å². The third kappa shape index (κ3) is 12.9. The van der Waals surface area contributed by atoms with Crippen molar-refractivity contribution in [3.05, 3.63) is 35.9 Å². The lowest BCUT2D eigenvalue weighted by atomic mass is 10.2. The molecule has 0 unspecified atom stereocenters. The molecule has 6 nitrogen and oxygen atoms in total. The number of nitrogens with zero attached hydrogens (tertiary/aromatic N) is 1. The van der Waals surface area contributed by atoms with E-state index in [1.807, 2.05) is 30.3 Å². The summed E-state index contributed by atoms with van der Waals surface area (Å²) in [6, 6.07) is 9.89. The molecule has 0 saturated carbocycles. The third-order valence-corrected chi connectivity index (χ3v) is 3.60. The number of rotatable bonds is 12. The first-order valence-electron chi connectivity index (χ1n) is 9.09. The summed E-state index contributed by atoms with van der Waals surface area (Å²) in [5.74, 6) is 0.737. The molecule has 1 aromatic carbocycles. The van der Waals surface area contributed by atoms with Crippen molar-refractivity contribution in [1.29, 1.82) is 0 Å². The highest BCUT2D eigenvalue weighted by Gasteiger charge is 2.02. The molecule has 0 aliphatic carbocycles. The largest absolute Gasteiger partial charge is 0.381 e. The first-order chi connectivity index (χ1) is 12.3. The van der Waals surface area contributed by atoms with E-state index in [1.54, 1.807) is 7.05 Å². The van der Waals surface area contributed by atoms with Crippen molar-refractivity contribution in [2.24, 2.45) is 4.99 Å². The van der Waals surface area contributed by atoms with Crippen LogP contribution in [0.2, 0.25) is 0 Å². The summed E-state index contributed by atoms with van der Waals surface area (Å²) in [6.45, 7) is 5.65. The Morgan fingerprint density at radius 1 is 1.04 bits per heavy atom. The molecule has 0 aromatic heterocycles. The number of hydrogen-bond donors (Lipinski definition) is 3. The maximum absolute atomic E-state index is 11.8. The molecule has 0 bridgehead atoms. The van der Waals surface area contributed by atoms with Crippen LogP contribution in [0, 0.1) is 0 Å². The molecule has 1 amide bonds. The lowest BCUT2D eigenvalue weighted by Gasteiger charge is -2.12. The molecular formula is C19H33IN4O2. The summed E-state index contributed by atoms with van der Waals surface area (Å²) in [5.41, 5.74) is 1.10. The van der Waals surface area contributed by atoms with Gasteiger partial charge in [-0.25, -0.2) is 0 Å². The Bertz CT molecular complexity index is 498. The second-order valence-corrected chi connectivity index (χ2v) is 5.76. The molecule has 1 rings (SSSR count). The Kier molecular flexibility index (Phi) is 16.2. The van der Waals surface area contributed by atoms with Gasteiger partial charge in [0.1, 0.15) is 0 Å². The Labute approximate surface area is 174 Å². The molecular weight excluding hydrogens is 443 g/mol. The lowest BCUT2D eigenvalue weighted by molar-refractivity contribution is -0.121. The van der Waals surface area contributed by atoms with E-state index in [1.165, 1.54) is 0 Å². The van der Waals surface area contributed by atoms with Crippen LogP contribution in [0.5, 0.6) is 0 Å². The number of carbonyl (C=O) groups excluding carboxylic acids is 1. The van der Waals surface area contributed by atoms with Crippen LogP contribution in [0.4, 0.5) is 0 Å². The van der Waals surface area contributed by atoms with Gasteiger partial charge in [0.2, 0.25) is 5.91 Å². The number of carbonyl (C=O) groups is 1. The molecule has 0 fully saturated rings. The number of ether oxygens (including phenoxy) is 1.